The van der Waals surface area contributed by atoms with E-state index in [1.807, 2.05) is 30.3 Å². The van der Waals surface area contributed by atoms with Gasteiger partial charge in [-0.1, -0.05) is 33.6 Å². The van der Waals surface area contributed by atoms with Crippen molar-refractivity contribution in [3.8, 4) is 0 Å². The first-order chi connectivity index (χ1) is 7.25. The standard InChI is InChI=1S/C12H7BrClN/c13-9-2-1-3-11-12(9)8-6-7(14)4-5-10(8)15-11/h1-6,15H. The van der Waals surface area contributed by atoms with Gasteiger partial charge in [0.25, 0.3) is 0 Å². The van der Waals surface area contributed by atoms with Crippen LogP contribution in [-0.2, 0) is 0 Å². The lowest BCUT2D eigenvalue weighted by Crippen LogP contribution is -1.69. The molecular formula is C12H7BrClN. The molecule has 74 valence electrons. The summed E-state index contributed by atoms with van der Waals surface area (Å²) >= 11 is 9.56. The topological polar surface area (TPSA) is 15.8 Å². The summed E-state index contributed by atoms with van der Waals surface area (Å²) < 4.78 is 1.09. The summed E-state index contributed by atoms with van der Waals surface area (Å²) in [5.41, 5.74) is 2.24. The van der Waals surface area contributed by atoms with Gasteiger partial charge in [-0.15, -0.1) is 0 Å². The number of benzene rings is 2. The highest BCUT2D eigenvalue weighted by Gasteiger charge is 2.06. The molecule has 0 radical (unpaired) electrons. The van der Waals surface area contributed by atoms with Gasteiger partial charge in [-0.25, -0.2) is 0 Å². The number of H-pyrrole nitrogens is 1. The van der Waals surface area contributed by atoms with Gasteiger partial charge in [0.15, 0.2) is 0 Å². The van der Waals surface area contributed by atoms with E-state index in [1.54, 1.807) is 0 Å². The highest BCUT2D eigenvalue weighted by molar-refractivity contribution is 9.10. The van der Waals surface area contributed by atoms with Crippen LogP contribution in [0.3, 0.4) is 0 Å². The first-order valence-electron chi connectivity index (χ1n) is 4.61. The maximum absolute atomic E-state index is 6.00. The number of fused-ring (bicyclic) bond motifs is 3. The van der Waals surface area contributed by atoms with Crippen molar-refractivity contribution in [2.24, 2.45) is 0 Å². The van der Waals surface area contributed by atoms with E-state index in [0.717, 1.165) is 25.9 Å². The number of rotatable bonds is 0. The Morgan fingerprint density at radius 1 is 1.07 bits per heavy atom. The number of halogens is 2. The monoisotopic (exact) mass is 279 g/mol. The normalized spacial score (nSPS) is 11.3. The molecule has 1 aromatic heterocycles. The van der Waals surface area contributed by atoms with Crippen LogP contribution in [0.2, 0.25) is 5.02 Å². The molecule has 3 heteroatoms. The summed E-state index contributed by atoms with van der Waals surface area (Å²) in [5, 5.41) is 3.11. The van der Waals surface area contributed by atoms with Crippen molar-refractivity contribution >= 4 is 49.3 Å². The third-order valence-electron chi connectivity index (χ3n) is 2.53. The molecular weight excluding hydrogens is 273 g/mol. The molecule has 0 unspecified atom stereocenters. The third-order valence-corrected chi connectivity index (χ3v) is 3.43. The van der Waals surface area contributed by atoms with Gasteiger partial charge in [0.1, 0.15) is 0 Å². The molecule has 0 saturated carbocycles. The number of aromatic amines is 1. The Labute approximate surface area is 100 Å². The molecule has 0 fully saturated rings. The van der Waals surface area contributed by atoms with Crippen LogP contribution in [0.1, 0.15) is 0 Å². The van der Waals surface area contributed by atoms with Crippen LogP contribution in [0.5, 0.6) is 0 Å². The molecule has 3 rings (SSSR count). The molecule has 3 aromatic rings. The minimum absolute atomic E-state index is 0.763. The second-order valence-electron chi connectivity index (χ2n) is 3.48. The summed E-state index contributed by atoms with van der Waals surface area (Å²) in [7, 11) is 0. The number of hydrogen-bond donors (Lipinski definition) is 1. The molecule has 0 atom stereocenters. The maximum Gasteiger partial charge on any atom is 0.0476 e. The zero-order valence-electron chi connectivity index (χ0n) is 7.72. The lowest BCUT2D eigenvalue weighted by atomic mass is 10.1. The zero-order chi connectivity index (χ0) is 10.4. The van der Waals surface area contributed by atoms with Gasteiger partial charge in [0.05, 0.1) is 0 Å². The van der Waals surface area contributed by atoms with Gasteiger partial charge < -0.3 is 4.98 Å². The smallest absolute Gasteiger partial charge is 0.0476 e. The van der Waals surface area contributed by atoms with Gasteiger partial charge >= 0.3 is 0 Å². The minimum Gasteiger partial charge on any atom is -0.354 e. The van der Waals surface area contributed by atoms with Crippen molar-refractivity contribution in [2.45, 2.75) is 0 Å². The Morgan fingerprint density at radius 2 is 1.93 bits per heavy atom. The Kier molecular flexibility index (Phi) is 2.01. The highest BCUT2D eigenvalue weighted by atomic mass is 79.9. The molecule has 1 nitrogen and oxygen atoms in total. The van der Waals surface area contributed by atoms with E-state index in [4.69, 9.17) is 11.6 Å². The molecule has 0 spiro atoms. The molecule has 0 amide bonds. The summed E-state index contributed by atoms with van der Waals surface area (Å²) in [4.78, 5) is 3.36. The molecule has 0 saturated heterocycles. The van der Waals surface area contributed by atoms with Crippen LogP contribution in [0.25, 0.3) is 21.8 Å². The van der Waals surface area contributed by atoms with Crippen molar-refractivity contribution in [1.82, 2.24) is 4.98 Å². The largest absolute Gasteiger partial charge is 0.354 e. The molecule has 0 aliphatic rings. The van der Waals surface area contributed by atoms with E-state index >= 15 is 0 Å². The van der Waals surface area contributed by atoms with E-state index in [1.165, 1.54) is 5.39 Å². The predicted molar refractivity (Wildman–Crippen MR) is 68.5 cm³/mol. The average molecular weight is 281 g/mol. The van der Waals surface area contributed by atoms with Crippen LogP contribution in [0, 0.1) is 0 Å². The van der Waals surface area contributed by atoms with Crippen molar-refractivity contribution < 1.29 is 0 Å². The van der Waals surface area contributed by atoms with E-state index < -0.39 is 0 Å². The second-order valence-corrected chi connectivity index (χ2v) is 4.77. The Bertz CT molecular complexity index is 657. The molecule has 0 aliphatic carbocycles. The molecule has 1 heterocycles. The molecule has 1 N–H and O–H groups in total. The van der Waals surface area contributed by atoms with E-state index in [-0.39, 0.29) is 0 Å². The average Bonchev–Trinajstić information content (AvgIpc) is 2.57. The molecule has 15 heavy (non-hydrogen) atoms. The quantitative estimate of drug-likeness (QED) is 0.612. The maximum atomic E-state index is 6.00. The number of nitrogens with one attached hydrogen (secondary N) is 1. The third kappa shape index (κ3) is 1.36. The first-order valence-corrected chi connectivity index (χ1v) is 5.78. The highest BCUT2D eigenvalue weighted by Crippen LogP contribution is 2.32. The van der Waals surface area contributed by atoms with Crippen LogP contribution in [0.15, 0.2) is 40.9 Å². The fourth-order valence-electron chi connectivity index (χ4n) is 1.88. The SMILES string of the molecule is Clc1ccc2[nH]c3cccc(Br)c3c2c1. The van der Waals surface area contributed by atoms with Gasteiger partial charge in [-0.3, -0.25) is 0 Å². The van der Waals surface area contributed by atoms with Crippen LogP contribution < -0.4 is 0 Å². The van der Waals surface area contributed by atoms with Gasteiger partial charge in [-0.05, 0) is 30.3 Å². The van der Waals surface area contributed by atoms with Gasteiger partial charge in [0, 0.05) is 31.3 Å². The molecule has 2 aromatic carbocycles. The van der Waals surface area contributed by atoms with Crippen molar-refractivity contribution in [2.75, 3.05) is 0 Å². The summed E-state index contributed by atoms with van der Waals surface area (Å²) in [5.74, 6) is 0. The second kappa shape index (κ2) is 3.26. The Morgan fingerprint density at radius 3 is 2.80 bits per heavy atom. The summed E-state index contributed by atoms with van der Waals surface area (Å²) in [6, 6.07) is 12.0. The Balaban J connectivity index is 2.61. The van der Waals surface area contributed by atoms with Gasteiger partial charge in [0.2, 0.25) is 0 Å². The fraction of sp³-hybridized carbons (Fsp3) is 0. The van der Waals surface area contributed by atoms with E-state index in [0.29, 0.717) is 0 Å². The lowest BCUT2D eigenvalue weighted by molar-refractivity contribution is 1.54. The summed E-state index contributed by atoms with van der Waals surface area (Å²) in [6.07, 6.45) is 0. The van der Waals surface area contributed by atoms with Crippen molar-refractivity contribution in [3.05, 3.63) is 45.9 Å². The number of hydrogen-bond acceptors (Lipinski definition) is 0. The van der Waals surface area contributed by atoms with Crippen LogP contribution >= 0.6 is 27.5 Å². The van der Waals surface area contributed by atoms with E-state index in [9.17, 15) is 0 Å². The van der Waals surface area contributed by atoms with Crippen LogP contribution in [0.4, 0.5) is 0 Å². The summed E-state index contributed by atoms with van der Waals surface area (Å²) in [6.45, 7) is 0. The van der Waals surface area contributed by atoms with Crippen molar-refractivity contribution in [3.63, 3.8) is 0 Å². The lowest BCUT2D eigenvalue weighted by Gasteiger charge is -1.94. The predicted octanol–water partition coefficient (Wildman–Crippen LogP) is 4.74. The fourth-order valence-corrected chi connectivity index (χ4v) is 2.63. The number of aromatic nitrogens is 1. The zero-order valence-corrected chi connectivity index (χ0v) is 10.1. The van der Waals surface area contributed by atoms with Gasteiger partial charge in [-0.2, -0.15) is 0 Å². The van der Waals surface area contributed by atoms with Crippen molar-refractivity contribution in [1.29, 1.82) is 0 Å². The molecule has 0 bridgehead atoms. The van der Waals surface area contributed by atoms with Crippen LogP contribution in [-0.4, -0.2) is 4.98 Å². The molecule has 0 aliphatic heterocycles. The Hall–Kier alpha value is -0.990. The first kappa shape index (κ1) is 9.25. The van der Waals surface area contributed by atoms with E-state index in [2.05, 4.69) is 27.0 Å². The minimum atomic E-state index is 0.763.